The number of ether oxygens (including phenoxy) is 1. The van der Waals surface area contributed by atoms with E-state index in [1.54, 1.807) is 7.11 Å². The van der Waals surface area contributed by atoms with Gasteiger partial charge in [-0.3, -0.25) is 0 Å². The fourth-order valence-electron chi connectivity index (χ4n) is 1.58. The van der Waals surface area contributed by atoms with E-state index in [0.717, 1.165) is 10.6 Å². The smallest absolute Gasteiger partial charge is 0.0638 e. The first-order chi connectivity index (χ1) is 7.67. The van der Waals surface area contributed by atoms with Crippen LogP contribution in [-0.4, -0.2) is 31.5 Å². The van der Waals surface area contributed by atoms with Gasteiger partial charge in [0.1, 0.15) is 0 Å². The summed E-state index contributed by atoms with van der Waals surface area (Å²) < 4.78 is 5.01. The minimum Gasteiger partial charge on any atom is -0.395 e. The standard InChI is InChI=1S/C12H18ClNO2/c1-9(14-12(7-15)8-16-2)10-4-3-5-11(13)6-10/h3-6,9,12,14-15H,7-8H2,1-2H3. The van der Waals surface area contributed by atoms with E-state index in [1.807, 2.05) is 31.2 Å². The Morgan fingerprint density at radius 1 is 1.50 bits per heavy atom. The molecule has 3 nitrogen and oxygen atoms in total. The molecule has 1 aromatic carbocycles. The molecule has 0 aliphatic carbocycles. The number of benzene rings is 1. The minimum atomic E-state index is -0.0565. The zero-order valence-electron chi connectivity index (χ0n) is 9.61. The first-order valence-corrected chi connectivity index (χ1v) is 5.66. The number of hydrogen-bond acceptors (Lipinski definition) is 3. The first-order valence-electron chi connectivity index (χ1n) is 5.28. The van der Waals surface area contributed by atoms with Crippen LogP contribution in [0.15, 0.2) is 24.3 Å². The van der Waals surface area contributed by atoms with Crippen LogP contribution in [0.3, 0.4) is 0 Å². The van der Waals surface area contributed by atoms with Crippen molar-refractivity contribution in [1.82, 2.24) is 5.32 Å². The van der Waals surface area contributed by atoms with Gasteiger partial charge in [-0.25, -0.2) is 0 Å². The number of hydrogen-bond donors (Lipinski definition) is 2. The summed E-state index contributed by atoms with van der Waals surface area (Å²) in [6.45, 7) is 2.57. The van der Waals surface area contributed by atoms with Crippen LogP contribution in [0.1, 0.15) is 18.5 Å². The van der Waals surface area contributed by atoms with Crippen LogP contribution in [-0.2, 0) is 4.74 Å². The van der Waals surface area contributed by atoms with Gasteiger partial charge in [-0.15, -0.1) is 0 Å². The van der Waals surface area contributed by atoms with Gasteiger partial charge in [0.25, 0.3) is 0 Å². The lowest BCUT2D eigenvalue weighted by molar-refractivity contribution is 0.123. The third-order valence-electron chi connectivity index (χ3n) is 2.42. The van der Waals surface area contributed by atoms with Crippen molar-refractivity contribution in [3.8, 4) is 0 Å². The summed E-state index contributed by atoms with van der Waals surface area (Å²) in [7, 11) is 1.62. The molecule has 0 amide bonds. The SMILES string of the molecule is COCC(CO)NC(C)c1cccc(Cl)c1. The van der Waals surface area contributed by atoms with E-state index < -0.39 is 0 Å². The highest BCUT2D eigenvalue weighted by Gasteiger charge is 2.12. The average Bonchev–Trinajstić information content (AvgIpc) is 2.28. The maximum absolute atomic E-state index is 9.14. The minimum absolute atomic E-state index is 0.0543. The molecule has 16 heavy (non-hydrogen) atoms. The van der Waals surface area contributed by atoms with Crippen molar-refractivity contribution >= 4 is 11.6 Å². The Bertz CT molecular complexity index is 320. The van der Waals surface area contributed by atoms with E-state index in [1.165, 1.54) is 0 Å². The highest BCUT2D eigenvalue weighted by molar-refractivity contribution is 6.30. The highest BCUT2D eigenvalue weighted by Crippen LogP contribution is 2.17. The summed E-state index contributed by atoms with van der Waals surface area (Å²) in [4.78, 5) is 0. The monoisotopic (exact) mass is 243 g/mol. The van der Waals surface area contributed by atoms with E-state index in [2.05, 4.69) is 5.32 Å². The predicted molar refractivity (Wildman–Crippen MR) is 65.8 cm³/mol. The van der Waals surface area contributed by atoms with Crippen LogP contribution >= 0.6 is 11.6 Å². The van der Waals surface area contributed by atoms with Gasteiger partial charge in [0.05, 0.1) is 19.3 Å². The van der Waals surface area contributed by atoms with Crippen molar-refractivity contribution in [2.45, 2.75) is 19.0 Å². The molecule has 2 unspecified atom stereocenters. The van der Waals surface area contributed by atoms with Gasteiger partial charge in [0.15, 0.2) is 0 Å². The molecule has 0 aliphatic heterocycles. The molecule has 0 radical (unpaired) electrons. The van der Waals surface area contributed by atoms with Crippen molar-refractivity contribution in [2.75, 3.05) is 20.3 Å². The van der Waals surface area contributed by atoms with Gasteiger partial charge < -0.3 is 15.2 Å². The Morgan fingerprint density at radius 2 is 2.25 bits per heavy atom. The van der Waals surface area contributed by atoms with Crippen LogP contribution in [0, 0.1) is 0 Å². The predicted octanol–water partition coefficient (Wildman–Crippen LogP) is 2.00. The molecule has 0 aromatic heterocycles. The molecule has 0 saturated heterocycles. The number of nitrogens with one attached hydrogen (secondary N) is 1. The zero-order valence-corrected chi connectivity index (χ0v) is 10.4. The van der Waals surface area contributed by atoms with Gasteiger partial charge in [0.2, 0.25) is 0 Å². The van der Waals surface area contributed by atoms with Crippen molar-refractivity contribution < 1.29 is 9.84 Å². The molecule has 0 fully saturated rings. The van der Waals surface area contributed by atoms with Crippen LogP contribution in [0.2, 0.25) is 5.02 Å². The molecular formula is C12H18ClNO2. The number of aliphatic hydroxyl groups excluding tert-OH is 1. The van der Waals surface area contributed by atoms with Gasteiger partial charge in [-0.1, -0.05) is 23.7 Å². The van der Waals surface area contributed by atoms with Crippen LogP contribution < -0.4 is 5.32 Å². The molecular weight excluding hydrogens is 226 g/mol. The van der Waals surface area contributed by atoms with E-state index >= 15 is 0 Å². The second kappa shape index (κ2) is 6.86. The summed E-state index contributed by atoms with van der Waals surface area (Å²) in [5.41, 5.74) is 1.10. The lowest BCUT2D eigenvalue weighted by atomic mass is 10.1. The molecule has 90 valence electrons. The maximum Gasteiger partial charge on any atom is 0.0638 e. The molecule has 0 aliphatic rings. The van der Waals surface area contributed by atoms with Crippen LogP contribution in [0.5, 0.6) is 0 Å². The summed E-state index contributed by atoms with van der Waals surface area (Å²) in [5, 5.41) is 13.1. The van der Waals surface area contributed by atoms with Crippen molar-refractivity contribution in [2.24, 2.45) is 0 Å². The number of aliphatic hydroxyl groups is 1. The Hall–Kier alpha value is -0.610. The normalized spacial score (nSPS) is 14.8. The van der Waals surface area contributed by atoms with Crippen molar-refractivity contribution in [1.29, 1.82) is 0 Å². The van der Waals surface area contributed by atoms with Gasteiger partial charge >= 0.3 is 0 Å². The fourth-order valence-corrected chi connectivity index (χ4v) is 1.78. The van der Waals surface area contributed by atoms with E-state index in [0.29, 0.717) is 6.61 Å². The fraction of sp³-hybridized carbons (Fsp3) is 0.500. The lowest BCUT2D eigenvalue weighted by Crippen LogP contribution is -2.38. The third kappa shape index (κ3) is 4.10. The number of rotatable bonds is 6. The topological polar surface area (TPSA) is 41.5 Å². The molecule has 2 N–H and O–H groups in total. The van der Waals surface area contributed by atoms with E-state index in [9.17, 15) is 0 Å². The zero-order chi connectivity index (χ0) is 12.0. The second-order valence-corrected chi connectivity index (χ2v) is 4.21. The molecule has 0 saturated carbocycles. The summed E-state index contributed by atoms with van der Waals surface area (Å²) in [5.74, 6) is 0. The Balaban J connectivity index is 2.60. The molecule has 0 heterocycles. The van der Waals surface area contributed by atoms with E-state index in [-0.39, 0.29) is 18.7 Å². The largest absolute Gasteiger partial charge is 0.395 e. The van der Waals surface area contributed by atoms with Gasteiger partial charge in [-0.2, -0.15) is 0 Å². The lowest BCUT2D eigenvalue weighted by Gasteiger charge is -2.21. The second-order valence-electron chi connectivity index (χ2n) is 3.78. The Kier molecular flexibility index (Phi) is 5.77. The third-order valence-corrected chi connectivity index (χ3v) is 2.66. The molecule has 0 spiro atoms. The molecule has 4 heteroatoms. The summed E-state index contributed by atoms with van der Waals surface area (Å²) in [6, 6.07) is 7.76. The molecule has 1 aromatic rings. The Morgan fingerprint density at radius 3 is 2.81 bits per heavy atom. The Labute approximate surface area is 101 Å². The van der Waals surface area contributed by atoms with Gasteiger partial charge in [-0.05, 0) is 24.6 Å². The molecule has 1 rings (SSSR count). The molecule has 2 atom stereocenters. The number of methoxy groups -OCH3 is 1. The summed E-state index contributed by atoms with van der Waals surface area (Å²) >= 11 is 5.92. The quantitative estimate of drug-likeness (QED) is 0.803. The van der Waals surface area contributed by atoms with Gasteiger partial charge in [0, 0.05) is 18.2 Å². The van der Waals surface area contributed by atoms with E-state index in [4.69, 9.17) is 21.4 Å². The average molecular weight is 244 g/mol. The van der Waals surface area contributed by atoms with Crippen LogP contribution in [0.4, 0.5) is 0 Å². The summed E-state index contributed by atoms with van der Waals surface area (Å²) in [6.07, 6.45) is 0. The van der Waals surface area contributed by atoms with Crippen molar-refractivity contribution in [3.63, 3.8) is 0 Å². The van der Waals surface area contributed by atoms with Crippen LogP contribution in [0.25, 0.3) is 0 Å². The van der Waals surface area contributed by atoms with Crippen molar-refractivity contribution in [3.05, 3.63) is 34.9 Å². The maximum atomic E-state index is 9.14. The highest BCUT2D eigenvalue weighted by atomic mass is 35.5. The molecule has 0 bridgehead atoms. The first kappa shape index (κ1) is 13.5. The number of halogens is 1.